The Morgan fingerprint density at radius 3 is 2.73 bits per heavy atom. The fourth-order valence-corrected chi connectivity index (χ4v) is 3.83. The summed E-state index contributed by atoms with van der Waals surface area (Å²) in [5, 5.41) is 9.62. The Labute approximate surface area is 160 Å². The van der Waals surface area contributed by atoms with Crippen LogP contribution in [0.2, 0.25) is 0 Å². The zero-order valence-corrected chi connectivity index (χ0v) is 16.4. The number of fused-ring (bicyclic) bond motifs is 1. The first-order chi connectivity index (χ1) is 12.5. The Kier molecular flexibility index (Phi) is 4.33. The van der Waals surface area contributed by atoms with Crippen LogP contribution in [0.15, 0.2) is 27.1 Å². The van der Waals surface area contributed by atoms with E-state index in [1.165, 1.54) is 24.0 Å². The predicted octanol–water partition coefficient (Wildman–Crippen LogP) is 5.20. The molecule has 0 saturated carbocycles. The molecule has 5 nitrogen and oxygen atoms in total. The number of nitrogens with one attached hydrogen (secondary N) is 1. The number of aromatic nitrogens is 2. The number of H-pyrrole nitrogens is 1. The van der Waals surface area contributed by atoms with E-state index >= 15 is 0 Å². The number of furan rings is 1. The molecule has 3 aromatic rings. The maximum Gasteiger partial charge on any atom is 0.210 e. The topological polar surface area (TPSA) is 68.8 Å². The van der Waals surface area contributed by atoms with Crippen LogP contribution in [0.1, 0.15) is 35.6 Å². The van der Waals surface area contributed by atoms with Crippen molar-refractivity contribution in [3.8, 4) is 6.07 Å². The summed E-state index contributed by atoms with van der Waals surface area (Å²) in [5.41, 5.74) is 4.62. The number of anilines is 1. The number of hydrogen-bond acceptors (Lipinski definition) is 4. The summed E-state index contributed by atoms with van der Waals surface area (Å²) in [7, 11) is 0. The van der Waals surface area contributed by atoms with E-state index in [0.29, 0.717) is 17.2 Å². The number of allylic oxidation sites excluding steroid dienone is 1. The van der Waals surface area contributed by atoms with Crippen LogP contribution in [-0.4, -0.2) is 23.1 Å². The molecule has 1 aliphatic rings. The molecule has 6 heteroatoms. The lowest BCUT2D eigenvalue weighted by atomic mass is 10.1. The molecule has 4 rings (SSSR count). The van der Waals surface area contributed by atoms with Crippen LogP contribution < -0.4 is 4.90 Å². The van der Waals surface area contributed by atoms with E-state index in [0.717, 1.165) is 34.5 Å². The van der Waals surface area contributed by atoms with Crippen LogP contribution in [0.4, 0.5) is 5.88 Å². The second kappa shape index (κ2) is 6.65. The number of aromatic amines is 1. The maximum absolute atomic E-state index is 9.62. The minimum atomic E-state index is 0.450. The van der Waals surface area contributed by atoms with Gasteiger partial charge >= 0.3 is 0 Å². The first kappa shape index (κ1) is 16.9. The molecule has 0 bridgehead atoms. The molecule has 1 saturated heterocycles. The number of nitriles is 1. The number of rotatable bonds is 3. The summed E-state index contributed by atoms with van der Waals surface area (Å²) >= 11 is 3.57. The van der Waals surface area contributed by atoms with Gasteiger partial charge < -0.3 is 14.3 Å². The number of nitrogens with zero attached hydrogens (tertiary/aromatic N) is 3. The number of benzene rings is 1. The molecule has 1 aromatic carbocycles. The summed E-state index contributed by atoms with van der Waals surface area (Å²) in [4.78, 5) is 10.0. The molecule has 0 radical (unpaired) electrons. The molecule has 0 atom stereocenters. The fraction of sp³-hybridized carbons (Fsp3) is 0.300. The largest absolute Gasteiger partial charge is 0.440 e. The highest BCUT2D eigenvalue weighted by molar-refractivity contribution is 9.10. The third-order valence-electron chi connectivity index (χ3n) is 4.84. The zero-order valence-electron chi connectivity index (χ0n) is 14.8. The lowest BCUT2D eigenvalue weighted by Crippen LogP contribution is -2.17. The van der Waals surface area contributed by atoms with Crippen LogP contribution in [0.3, 0.4) is 0 Å². The third-order valence-corrected chi connectivity index (χ3v) is 5.41. The van der Waals surface area contributed by atoms with Crippen molar-refractivity contribution in [1.29, 1.82) is 5.26 Å². The van der Waals surface area contributed by atoms with Gasteiger partial charge in [0.1, 0.15) is 17.7 Å². The van der Waals surface area contributed by atoms with Crippen molar-refractivity contribution in [3.05, 3.63) is 45.4 Å². The van der Waals surface area contributed by atoms with Crippen LogP contribution in [0, 0.1) is 25.2 Å². The number of hydrogen-bond donors (Lipinski definition) is 1. The molecule has 0 spiro atoms. The van der Waals surface area contributed by atoms with E-state index in [-0.39, 0.29) is 0 Å². The van der Waals surface area contributed by atoms with E-state index in [1.54, 1.807) is 6.08 Å². The molecule has 26 heavy (non-hydrogen) atoms. The Morgan fingerprint density at radius 2 is 2.00 bits per heavy atom. The van der Waals surface area contributed by atoms with Crippen molar-refractivity contribution in [2.24, 2.45) is 0 Å². The molecule has 1 N–H and O–H groups in total. The SMILES string of the molecule is Cc1cc2nc(/C(C#N)=C\c3cc(Br)c(N4CCCC4)o3)[nH]c2cc1C. The van der Waals surface area contributed by atoms with Gasteiger partial charge in [0, 0.05) is 25.2 Å². The van der Waals surface area contributed by atoms with E-state index in [2.05, 4.69) is 56.8 Å². The van der Waals surface area contributed by atoms with Gasteiger partial charge in [-0.25, -0.2) is 4.98 Å². The van der Waals surface area contributed by atoms with Gasteiger partial charge in [-0.1, -0.05) is 0 Å². The van der Waals surface area contributed by atoms with Crippen molar-refractivity contribution < 1.29 is 4.42 Å². The van der Waals surface area contributed by atoms with Gasteiger partial charge in [-0.05, 0) is 65.9 Å². The van der Waals surface area contributed by atoms with E-state index < -0.39 is 0 Å². The fourth-order valence-electron chi connectivity index (χ4n) is 3.28. The summed E-state index contributed by atoms with van der Waals surface area (Å²) in [5.74, 6) is 2.03. The average molecular weight is 411 g/mol. The second-order valence-corrected chi connectivity index (χ2v) is 7.56. The number of halogens is 1. The highest BCUT2D eigenvalue weighted by atomic mass is 79.9. The average Bonchev–Trinajstić information content (AvgIpc) is 3.33. The minimum absolute atomic E-state index is 0.450. The zero-order chi connectivity index (χ0) is 18.3. The van der Waals surface area contributed by atoms with Gasteiger partial charge in [0.15, 0.2) is 0 Å². The normalized spacial score (nSPS) is 15.0. The number of imidazole rings is 1. The first-order valence-electron chi connectivity index (χ1n) is 8.68. The van der Waals surface area contributed by atoms with Gasteiger partial charge in [-0.2, -0.15) is 5.26 Å². The summed E-state index contributed by atoms with van der Waals surface area (Å²) < 4.78 is 6.89. The van der Waals surface area contributed by atoms with Crippen LogP contribution in [0.25, 0.3) is 22.7 Å². The van der Waals surface area contributed by atoms with Crippen molar-refractivity contribution >= 4 is 44.5 Å². The Bertz CT molecular complexity index is 1010. The lowest BCUT2D eigenvalue weighted by Gasteiger charge is -2.13. The predicted molar refractivity (Wildman–Crippen MR) is 107 cm³/mol. The van der Waals surface area contributed by atoms with Crippen LogP contribution in [0.5, 0.6) is 0 Å². The monoisotopic (exact) mass is 410 g/mol. The van der Waals surface area contributed by atoms with E-state index in [1.807, 2.05) is 12.1 Å². The van der Waals surface area contributed by atoms with E-state index in [9.17, 15) is 5.26 Å². The molecule has 132 valence electrons. The Morgan fingerprint density at radius 1 is 1.27 bits per heavy atom. The van der Waals surface area contributed by atoms with Gasteiger partial charge in [-0.3, -0.25) is 0 Å². The van der Waals surface area contributed by atoms with Gasteiger partial charge in [-0.15, -0.1) is 0 Å². The maximum atomic E-state index is 9.62. The molecular formula is C20H19BrN4O. The van der Waals surface area contributed by atoms with Crippen molar-refractivity contribution in [1.82, 2.24) is 9.97 Å². The lowest BCUT2D eigenvalue weighted by molar-refractivity contribution is 0.546. The smallest absolute Gasteiger partial charge is 0.210 e. The molecule has 0 amide bonds. The summed E-state index contributed by atoms with van der Waals surface area (Å²) in [6.07, 6.45) is 4.10. The Balaban J connectivity index is 1.71. The molecular weight excluding hydrogens is 392 g/mol. The molecule has 0 unspecified atom stereocenters. The summed E-state index contributed by atoms with van der Waals surface area (Å²) in [6, 6.07) is 8.24. The standard InChI is InChI=1S/C20H19BrN4O/c1-12-7-17-18(8-13(12)2)24-19(23-17)14(11-22)9-15-10-16(21)20(26-15)25-5-3-4-6-25/h7-10H,3-6H2,1-2H3,(H,23,24)/b14-9-. The minimum Gasteiger partial charge on any atom is -0.440 e. The van der Waals surface area contributed by atoms with E-state index in [4.69, 9.17) is 4.42 Å². The highest BCUT2D eigenvalue weighted by Crippen LogP contribution is 2.34. The van der Waals surface area contributed by atoms with Crippen LogP contribution in [-0.2, 0) is 0 Å². The molecule has 2 aromatic heterocycles. The first-order valence-corrected chi connectivity index (χ1v) is 9.48. The number of aryl methyl sites for hydroxylation is 2. The molecule has 3 heterocycles. The third kappa shape index (κ3) is 3.04. The van der Waals surface area contributed by atoms with Gasteiger partial charge in [0.2, 0.25) is 5.88 Å². The quantitative estimate of drug-likeness (QED) is 0.602. The Hall–Kier alpha value is -2.52. The second-order valence-electron chi connectivity index (χ2n) is 6.70. The molecule has 0 aliphatic carbocycles. The van der Waals surface area contributed by atoms with Crippen molar-refractivity contribution in [2.75, 3.05) is 18.0 Å². The van der Waals surface area contributed by atoms with Crippen molar-refractivity contribution in [3.63, 3.8) is 0 Å². The van der Waals surface area contributed by atoms with Crippen LogP contribution >= 0.6 is 15.9 Å². The van der Waals surface area contributed by atoms with Gasteiger partial charge in [0.05, 0.1) is 21.1 Å². The molecule has 1 fully saturated rings. The molecule has 1 aliphatic heterocycles. The highest BCUT2D eigenvalue weighted by Gasteiger charge is 2.20. The summed E-state index contributed by atoms with van der Waals surface area (Å²) in [6.45, 7) is 6.13. The van der Waals surface area contributed by atoms with Gasteiger partial charge in [0.25, 0.3) is 0 Å². The van der Waals surface area contributed by atoms with Crippen molar-refractivity contribution in [2.45, 2.75) is 26.7 Å².